The first-order chi connectivity index (χ1) is 14.9. The van der Waals surface area contributed by atoms with Crippen molar-refractivity contribution < 1.29 is 17.6 Å². The molecule has 0 saturated heterocycles. The van der Waals surface area contributed by atoms with Crippen molar-refractivity contribution in [3.05, 3.63) is 95.8 Å². The molecule has 0 aliphatic carbocycles. The van der Waals surface area contributed by atoms with Gasteiger partial charge in [0, 0.05) is 19.3 Å². The van der Waals surface area contributed by atoms with Gasteiger partial charge in [-0.2, -0.15) is 5.10 Å². The van der Waals surface area contributed by atoms with Gasteiger partial charge in [-0.1, -0.05) is 36.4 Å². The number of nitrogens with one attached hydrogen (secondary N) is 2. The lowest BCUT2D eigenvalue weighted by Crippen LogP contribution is -2.24. The molecule has 2 N–H and O–H groups in total. The van der Waals surface area contributed by atoms with Crippen LogP contribution >= 0.6 is 0 Å². The van der Waals surface area contributed by atoms with Crippen LogP contribution in [0, 0.1) is 5.82 Å². The molecule has 0 unspecified atom stereocenters. The van der Waals surface area contributed by atoms with Crippen LogP contribution in [0.1, 0.15) is 21.6 Å². The van der Waals surface area contributed by atoms with E-state index in [9.17, 15) is 17.6 Å². The second-order valence-electron chi connectivity index (χ2n) is 6.73. The van der Waals surface area contributed by atoms with E-state index in [0.717, 1.165) is 17.1 Å². The summed E-state index contributed by atoms with van der Waals surface area (Å²) in [7, 11) is -3.96. The first-order valence-electron chi connectivity index (χ1n) is 9.32. The molecule has 1 amide bonds. The van der Waals surface area contributed by atoms with Crippen LogP contribution in [0.25, 0.3) is 5.52 Å². The minimum absolute atomic E-state index is 0.0125. The maximum atomic E-state index is 13.7. The number of halogens is 1. The second-order valence-corrected chi connectivity index (χ2v) is 8.47. The molecule has 8 nitrogen and oxygen atoms in total. The summed E-state index contributed by atoms with van der Waals surface area (Å²) in [5.41, 5.74) is 2.58. The summed E-state index contributed by atoms with van der Waals surface area (Å²) in [5.74, 6) is -1.12. The Hall–Kier alpha value is -3.63. The molecular weight excluding hydrogens is 421 g/mol. The number of carbonyl (C=O) groups excluding carboxylic acids is 1. The number of hydrogen-bond donors (Lipinski definition) is 2. The van der Waals surface area contributed by atoms with E-state index in [1.54, 1.807) is 42.6 Å². The van der Waals surface area contributed by atoms with Gasteiger partial charge in [-0.3, -0.25) is 4.79 Å². The van der Waals surface area contributed by atoms with Crippen molar-refractivity contribution in [2.75, 3.05) is 0 Å². The van der Waals surface area contributed by atoms with E-state index in [1.165, 1.54) is 29.0 Å². The monoisotopic (exact) mass is 439 g/mol. The van der Waals surface area contributed by atoms with Gasteiger partial charge in [-0.05, 0) is 35.4 Å². The van der Waals surface area contributed by atoms with Crippen molar-refractivity contribution in [3.8, 4) is 0 Å². The Bertz CT molecular complexity index is 1300. The standard InChI is InChI=1S/C21H18FN5O3S/c22-18-3-1-2-4-20(18)31(29,30)25-13-16-7-5-15(6-8-16)12-24-21(28)19-11-17-9-10-23-14-27(17)26-19/h1-11,14,25H,12-13H2,(H,24,28). The number of carbonyl (C=O) groups is 1. The van der Waals surface area contributed by atoms with Crippen molar-refractivity contribution in [2.24, 2.45) is 0 Å². The molecule has 0 radical (unpaired) electrons. The molecule has 0 aliphatic rings. The Balaban J connectivity index is 1.34. The molecule has 0 fully saturated rings. The highest BCUT2D eigenvalue weighted by Crippen LogP contribution is 2.14. The average molecular weight is 439 g/mol. The molecule has 2 aromatic carbocycles. The molecule has 2 aromatic heterocycles. The van der Waals surface area contributed by atoms with Crippen LogP contribution in [0.4, 0.5) is 4.39 Å². The minimum Gasteiger partial charge on any atom is -0.347 e. The summed E-state index contributed by atoms with van der Waals surface area (Å²) in [6, 6.07) is 15.7. The van der Waals surface area contributed by atoms with Gasteiger partial charge in [0.25, 0.3) is 5.91 Å². The van der Waals surface area contributed by atoms with Crippen molar-refractivity contribution in [2.45, 2.75) is 18.0 Å². The number of fused-ring (bicyclic) bond motifs is 1. The molecule has 0 spiro atoms. The Morgan fingerprint density at radius 1 is 1.00 bits per heavy atom. The third kappa shape index (κ3) is 4.76. The summed E-state index contributed by atoms with van der Waals surface area (Å²) in [5, 5.41) is 6.96. The lowest BCUT2D eigenvalue weighted by molar-refractivity contribution is 0.0945. The predicted octanol–water partition coefficient (Wildman–Crippen LogP) is 2.28. The van der Waals surface area contributed by atoms with Crippen LogP contribution in [0.15, 0.2) is 78.1 Å². The zero-order valence-electron chi connectivity index (χ0n) is 16.2. The Morgan fingerprint density at radius 3 is 2.42 bits per heavy atom. The molecule has 2 heterocycles. The van der Waals surface area contributed by atoms with Gasteiger partial charge < -0.3 is 5.32 Å². The molecule has 0 saturated carbocycles. The summed E-state index contributed by atoms with van der Waals surface area (Å²) in [4.78, 5) is 15.9. The third-order valence-corrected chi connectivity index (χ3v) is 6.01. The van der Waals surface area contributed by atoms with Gasteiger partial charge in [0.2, 0.25) is 10.0 Å². The van der Waals surface area contributed by atoms with Gasteiger partial charge >= 0.3 is 0 Å². The van der Waals surface area contributed by atoms with Crippen molar-refractivity contribution in [1.29, 1.82) is 0 Å². The van der Waals surface area contributed by atoms with Gasteiger partial charge in [-0.15, -0.1) is 0 Å². The van der Waals surface area contributed by atoms with Gasteiger partial charge in [0.05, 0.1) is 5.52 Å². The smallest absolute Gasteiger partial charge is 0.272 e. The van der Waals surface area contributed by atoms with Gasteiger partial charge in [0.1, 0.15) is 17.0 Å². The largest absolute Gasteiger partial charge is 0.347 e. The van der Waals surface area contributed by atoms with E-state index in [1.807, 2.05) is 0 Å². The highest BCUT2D eigenvalue weighted by Gasteiger charge is 2.18. The molecule has 0 atom stereocenters. The van der Waals surface area contributed by atoms with E-state index in [0.29, 0.717) is 5.56 Å². The average Bonchev–Trinajstić information content (AvgIpc) is 3.21. The Morgan fingerprint density at radius 2 is 1.71 bits per heavy atom. The van der Waals surface area contributed by atoms with Crippen LogP contribution in [-0.4, -0.2) is 28.9 Å². The quantitative estimate of drug-likeness (QED) is 0.460. The highest BCUT2D eigenvalue weighted by molar-refractivity contribution is 7.89. The molecule has 0 aliphatic heterocycles. The zero-order chi connectivity index (χ0) is 21.8. The number of amides is 1. The van der Waals surface area contributed by atoms with Crippen LogP contribution in [-0.2, 0) is 23.1 Å². The molecular formula is C21H18FN5O3S. The van der Waals surface area contributed by atoms with E-state index >= 15 is 0 Å². The molecule has 0 bridgehead atoms. The number of nitrogens with zero attached hydrogens (tertiary/aromatic N) is 3. The topological polar surface area (TPSA) is 105 Å². The lowest BCUT2D eigenvalue weighted by atomic mass is 10.1. The molecule has 158 valence electrons. The number of hydrogen-bond acceptors (Lipinski definition) is 5. The Labute approximate surface area is 177 Å². The number of sulfonamides is 1. The first-order valence-corrected chi connectivity index (χ1v) is 10.8. The highest BCUT2D eigenvalue weighted by atomic mass is 32.2. The minimum atomic E-state index is -3.96. The molecule has 31 heavy (non-hydrogen) atoms. The Kier molecular flexibility index (Phi) is 5.74. The van der Waals surface area contributed by atoms with E-state index < -0.39 is 20.7 Å². The van der Waals surface area contributed by atoms with E-state index in [2.05, 4.69) is 20.1 Å². The fourth-order valence-corrected chi connectivity index (χ4v) is 4.02. The normalized spacial score (nSPS) is 11.5. The fraction of sp³-hybridized carbons (Fsp3) is 0.0952. The fourth-order valence-electron chi connectivity index (χ4n) is 2.92. The summed E-state index contributed by atoms with van der Waals surface area (Å²) in [6.07, 6.45) is 3.14. The maximum absolute atomic E-state index is 13.7. The van der Waals surface area contributed by atoms with Crippen molar-refractivity contribution >= 4 is 21.4 Å². The molecule has 10 heteroatoms. The van der Waals surface area contributed by atoms with E-state index in [4.69, 9.17) is 0 Å². The SMILES string of the molecule is O=C(NCc1ccc(CNS(=O)(=O)c2ccccc2F)cc1)c1cc2ccncn2n1. The van der Waals surface area contributed by atoms with Crippen molar-refractivity contribution in [3.63, 3.8) is 0 Å². The zero-order valence-corrected chi connectivity index (χ0v) is 17.0. The third-order valence-electron chi connectivity index (χ3n) is 4.57. The number of benzene rings is 2. The van der Waals surface area contributed by atoms with Gasteiger partial charge in [-0.25, -0.2) is 27.0 Å². The summed E-state index contributed by atoms with van der Waals surface area (Å²) < 4.78 is 42.2. The van der Waals surface area contributed by atoms with Crippen LogP contribution in [0.3, 0.4) is 0 Å². The lowest BCUT2D eigenvalue weighted by Gasteiger charge is -2.09. The number of rotatable bonds is 7. The predicted molar refractivity (Wildman–Crippen MR) is 111 cm³/mol. The van der Waals surface area contributed by atoms with Crippen LogP contribution in [0.2, 0.25) is 0 Å². The molecule has 4 aromatic rings. The second kappa shape index (κ2) is 8.62. The van der Waals surface area contributed by atoms with E-state index in [-0.39, 0.29) is 24.7 Å². The first kappa shape index (κ1) is 20.6. The molecule has 4 rings (SSSR count). The maximum Gasteiger partial charge on any atom is 0.272 e. The summed E-state index contributed by atoms with van der Waals surface area (Å²) in [6.45, 7) is 0.296. The van der Waals surface area contributed by atoms with Gasteiger partial charge in [0.15, 0.2) is 5.69 Å². The van der Waals surface area contributed by atoms with Crippen LogP contribution < -0.4 is 10.0 Å². The van der Waals surface area contributed by atoms with Crippen molar-refractivity contribution in [1.82, 2.24) is 24.6 Å². The van der Waals surface area contributed by atoms with Crippen LogP contribution in [0.5, 0.6) is 0 Å². The summed E-state index contributed by atoms with van der Waals surface area (Å²) >= 11 is 0. The number of aromatic nitrogens is 3.